The second-order valence-corrected chi connectivity index (χ2v) is 8.64. The van der Waals surface area contributed by atoms with E-state index in [1.807, 2.05) is 37.3 Å². The Kier molecular flexibility index (Phi) is 3.57. The molecule has 1 aromatic rings. The third kappa shape index (κ3) is 2.42. The average Bonchev–Trinajstić information content (AvgIpc) is 3.10. The number of imide groups is 1. The maximum absolute atomic E-state index is 13.2. The minimum atomic E-state index is -0.279. The zero-order valence-corrected chi connectivity index (χ0v) is 15.3. The molecule has 0 radical (unpaired) electrons. The van der Waals surface area contributed by atoms with Crippen LogP contribution in [0.3, 0.4) is 0 Å². The summed E-state index contributed by atoms with van der Waals surface area (Å²) < 4.78 is 6.27. The van der Waals surface area contributed by atoms with E-state index in [1.165, 1.54) is 4.90 Å². The molecule has 4 rings (SSSR count). The van der Waals surface area contributed by atoms with Crippen molar-refractivity contribution in [2.75, 3.05) is 4.90 Å². The van der Waals surface area contributed by atoms with Gasteiger partial charge in [0.1, 0.15) is 6.10 Å². The van der Waals surface area contributed by atoms with E-state index in [0.29, 0.717) is 12.1 Å². The predicted molar refractivity (Wildman–Crippen MR) is 95.7 cm³/mol. The van der Waals surface area contributed by atoms with Crippen LogP contribution in [0.2, 0.25) is 0 Å². The zero-order valence-electron chi connectivity index (χ0n) is 15.3. The Morgan fingerprint density at radius 1 is 1.04 bits per heavy atom. The molecule has 2 heterocycles. The van der Waals surface area contributed by atoms with Crippen molar-refractivity contribution < 1.29 is 14.3 Å². The second-order valence-electron chi connectivity index (χ2n) is 8.64. The van der Waals surface area contributed by atoms with Crippen LogP contribution in [0.15, 0.2) is 41.7 Å². The SMILES string of the molecule is CC1=C2O[C@H](C(C)(C)C)C[C@H]2[C@H]2C(=O)N(c3ccccc3)C(=O)[C@H]2C1. The molecule has 4 atom stereocenters. The van der Waals surface area contributed by atoms with Gasteiger partial charge in [0.2, 0.25) is 11.8 Å². The van der Waals surface area contributed by atoms with E-state index >= 15 is 0 Å². The number of nitrogens with zero attached hydrogens (tertiary/aromatic N) is 1. The molecular weight excluding hydrogens is 314 g/mol. The highest BCUT2D eigenvalue weighted by atomic mass is 16.5. The first kappa shape index (κ1) is 16.4. The first-order valence-electron chi connectivity index (χ1n) is 9.08. The molecule has 0 spiro atoms. The molecule has 2 saturated heterocycles. The first-order valence-corrected chi connectivity index (χ1v) is 9.08. The summed E-state index contributed by atoms with van der Waals surface area (Å²) in [5, 5.41) is 0. The molecule has 1 aromatic carbocycles. The van der Waals surface area contributed by atoms with Crippen molar-refractivity contribution in [3.63, 3.8) is 0 Å². The molecule has 2 fully saturated rings. The summed E-state index contributed by atoms with van der Waals surface area (Å²) in [6.45, 7) is 8.55. The molecule has 0 bridgehead atoms. The van der Waals surface area contributed by atoms with Crippen LogP contribution < -0.4 is 4.90 Å². The van der Waals surface area contributed by atoms with Gasteiger partial charge in [0.25, 0.3) is 0 Å². The Hall–Kier alpha value is -2.10. The van der Waals surface area contributed by atoms with Gasteiger partial charge >= 0.3 is 0 Å². The van der Waals surface area contributed by atoms with Gasteiger partial charge < -0.3 is 4.74 Å². The Morgan fingerprint density at radius 3 is 2.36 bits per heavy atom. The van der Waals surface area contributed by atoms with Crippen molar-refractivity contribution in [1.82, 2.24) is 0 Å². The highest BCUT2D eigenvalue weighted by Crippen LogP contribution is 2.53. The monoisotopic (exact) mass is 339 g/mol. The summed E-state index contributed by atoms with van der Waals surface area (Å²) in [6.07, 6.45) is 1.54. The molecule has 2 amide bonds. The number of amides is 2. The largest absolute Gasteiger partial charge is 0.494 e. The van der Waals surface area contributed by atoms with Gasteiger partial charge in [0.15, 0.2) is 0 Å². The quantitative estimate of drug-likeness (QED) is 0.729. The number of benzene rings is 1. The lowest BCUT2D eigenvalue weighted by molar-refractivity contribution is -0.122. The number of carbonyl (C=O) groups is 2. The lowest BCUT2D eigenvalue weighted by Crippen LogP contribution is -2.33. The maximum atomic E-state index is 13.2. The fraction of sp³-hybridized carbons (Fsp3) is 0.524. The number of carbonyl (C=O) groups excluding carboxylic acids is 2. The van der Waals surface area contributed by atoms with E-state index in [9.17, 15) is 9.59 Å². The predicted octanol–water partition coefficient (Wildman–Crippen LogP) is 3.92. The van der Waals surface area contributed by atoms with E-state index in [0.717, 1.165) is 17.8 Å². The van der Waals surface area contributed by atoms with Crippen LogP contribution in [-0.4, -0.2) is 17.9 Å². The average molecular weight is 339 g/mol. The molecule has 4 heteroatoms. The summed E-state index contributed by atoms with van der Waals surface area (Å²) >= 11 is 0. The number of rotatable bonds is 1. The van der Waals surface area contributed by atoms with Gasteiger partial charge in [-0.1, -0.05) is 39.0 Å². The van der Waals surface area contributed by atoms with Crippen LogP contribution in [0.5, 0.6) is 0 Å². The van der Waals surface area contributed by atoms with Crippen molar-refractivity contribution >= 4 is 17.5 Å². The zero-order chi connectivity index (χ0) is 17.9. The van der Waals surface area contributed by atoms with Gasteiger partial charge in [-0.05, 0) is 42.9 Å². The van der Waals surface area contributed by atoms with E-state index < -0.39 is 0 Å². The van der Waals surface area contributed by atoms with E-state index in [4.69, 9.17) is 4.74 Å². The van der Waals surface area contributed by atoms with E-state index in [2.05, 4.69) is 20.8 Å². The Morgan fingerprint density at radius 2 is 1.72 bits per heavy atom. The van der Waals surface area contributed by atoms with Gasteiger partial charge in [-0.2, -0.15) is 0 Å². The molecule has 25 heavy (non-hydrogen) atoms. The summed E-state index contributed by atoms with van der Waals surface area (Å²) in [4.78, 5) is 27.6. The lowest BCUT2D eigenvalue weighted by Gasteiger charge is -2.28. The normalized spacial score (nSPS) is 31.9. The number of hydrogen-bond donors (Lipinski definition) is 0. The summed E-state index contributed by atoms with van der Waals surface area (Å²) in [5.74, 6) is 0.362. The van der Waals surface area contributed by atoms with Crippen LogP contribution in [0.4, 0.5) is 5.69 Å². The minimum absolute atomic E-state index is 0.0187. The standard InChI is InChI=1S/C21H25NO3/c1-12-10-15-17(14-11-16(21(2,3)4)25-18(12)14)20(24)22(19(15)23)13-8-6-5-7-9-13/h5-9,14-17H,10-11H2,1-4H3/t14-,15-,16-,17+/m0/s1. The topological polar surface area (TPSA) is 46.6 Å². The molecule has 2 aliphatic heterocycles. The summed E-state index contributed by atoms with van der Waals surface area (Å²) in [7, 11) is 0. The second kappa shape index (κ2) is 5.45. The summed E-state index contributed by atoms with van der Waals surface area (Å²) in [5.41, 5.74) is 1.83. The highest BCUT2D eigenvalue weighted by molar-refractivity contribution is 6.22. The smallest absolute Gasteiger partial charge is 0.238 e. The van der Waals surface area contributed by atoms with Crippen LogP contribution in [0, 0.1) is 23.2 Å². The Balaban J connectivity index is 1.70. The molecule has 0 unspecified atom stereocenters. The third-order valence-corrected chi connectivity index (χ3v) is 5.91. The van der Waals surface area contributed by atoms with Crippen molar-refractivity contribution in [1.29, 1.82) is 0 Å². The Labute approximate surface area is 148 Å². The first-order chi connectivity index (χ1) is 11.8. The van der Waals surface area contributed by atoms with E-state index in [1.54, 1.807) is 0 Å². The molecule has 4 nitrogen and oxygen atoms in total. The minimum Gasteiger partial charge on any atom is -0.494 e. The maximum Gasteiger partial charge on any atom is 0.238 e. The molecule has 3 aliphatic rings. The molecule has 1 aliphatic carbocycles. The van der Waals surface area contributed by atoms with Crippen LogP contribution >= 0.6 is 0 Å². The van der Waals surface area contributed by atoms with Crippen LogP contribution in [-0.2, 0) is 14.3 Å². The van der Waals surface area contributed by atoms with Crippen LogP contribution in [0.25, 0.3) is 0 Å². The molecule has 0 N–H and O–H groups in total. The van der Waals surface area contributed by atoms with Gasteiger partial charge in [0.05, 0.1) is 23.3 Å². The highest BCUT2D eigenvalue weighted by Gasteiger charge is 2.58. The van der Waals surface area contributed by atoms with Gasteiger partial charge in [0, 0.05) is 5.92 Å². The van der Waals surface area contributed by atoms with Crippen molar-refractivity contribution in [2.45, 2.75) is 46.6 Å². The van der Waals surface area contributed by atoms with Gasteiger partial charge in [-0.15, -0.1) is 0 Å². The number of fused-ring (bicyclic) bond motifs is 3. The summed E-state index contributed by atoms with van der Waals surface area (Å²) in [6, 6.07) is 9.28. The number of anilines is 1. The van der Waals surface area contributed by atoms with Gasteiger partial charge in [-0.25, -0.2) is 0 Å². The number of para-hydroxylation sites is 1. The fourth-order valence-electron chi connectivity index (χ4n) is 4.56. The lowest BCUT2D eigenvalue weighted by atomic mass is 9.71. The molecular formula is C21H25NO3. The van der Waals surface area contributed by atoms with Crippen LogP contribution in [0.1, 0.15) is 40.5 Å². The number of ether oxygens (including phenoxy) is 1. The molecule has 0 saturated carbocycles. The van der Waals surface area contributed by atoms with Crippen molar-refractivity contribution in [3.05, 3.63) is 41.7 Å². The number of allylic oxidation sites excluding steroid dienone is 2. The van der Waals surface area contributed by atoms with Crippen molar-refractivity contribution in [3.8, 4) is 0 Å². The third-order valence-electron chi connectivity index (χ3n) is 5.91. The van der Waals surface area contributed by atoms with E-state index in [-0.39, 0.29) is 41.1 Å². The molecule has 0 aromatic heterocycles. The Bertz CT molecular complexity index is 759. The fourth-order valence-corrected chi connectivity index (χ4v) is 4.56. The van der Waals surface area contributed by atoms with Gasteiger partial charge in [-0.3, -0.25) is 14.5 Å². The van der Waals surface area contributed by atoms with Crippen molar-refractivity contribution in [2.24, 2.45) is 23.2 Å². The molecule has 132 valence electrons. The number of hydrogen-bond acceptors (Lipinski definition) is 3.